The average Bonchev–Trinajstić information content (AvgIpc) is 2.68. The lowest BCUT2D eigenvalue weighted by molar-refractivity contribution is -0.178. The van der Waals surface area contributed by atoms with Crippen LogP contribution >= 0.6 is 27.5 Å². The van der Waals surface area contributed by atoms with Crippen molar-refractivity contribution < 1.29 is 9.47 Å². The molecule has 2 nitrogen and oxygen atoms in total. The molecule has 0 spiro atoms. The summed E-state index contributed by atoms with van der Waals surface area (Å²) in [4.78, 5) is 0. The molecular formula is C22H18BrClO2. The van der Waals surface area contributed by atoms with E-state index in [4.69, 9.17) is 21.1 Å². The Balaban J connectivity index is 1.88. The Morgan fingerprint density at radius 1 is 0.923 bits per heavy atom. The van der Waals surface area contributed by atoms with Gasteiger partial charge in [-0.15, -0.1) is 0 Å². The predicted octanol–water partition coefficient (Wildman–Crippen LogP) is 6.31. The zero-order valence-electron chi connectivity index (χ0n) is 14.5. The number of ether oxygens (including phenoxy) is 2. The summed E-state index contributed by atoms with van der Waals surface area (Å²) in [6.45, 7) is 0. The van der Waals surface area contributed by atoms with Gasteiger partial charge in [0.2, 0.25) is 5.79 Å². The summed E-state index contributed by atoms with van der Waals surface area (Å²) < 4.78 is 10.2. The lowest BCUT2D eigenvalue weighted by Gasteiger charge is -2.42. The largest absolute Gasteiger partial charge is 0.347 e. The molecule has 132 valence electrons. The fraction of sp³-hybridized carbons (Fsp3) is 0.182. The monoisotopic (exact) mass is 428 g/mol. The Morgan fingerprint density at radius 2 is 1.65 bits per heavy atom. The fourth-order valence-electron chi connectivity index (χ4n) is 3.60. The highest BCUT2D eigenvalue weighted by Gasteiger charge is 2.52. The molecule has 4 heteroatoms. The molecule has 1 unspecified atom stereocenters. The van der Waals surface area contributed by atoms with Crippen molar-refractivity contribution in [2.24, 2.45) is 0 Å². The third-order valence-electron chi connectivity index (χ3n) is 5.02. The number of hydrogen-bond donors (Lipinski definition) is 0. The minimum absolute atomic E-state index is 0.911. The fourth-order valence-corrected chi connectivity index (χ4v) is 4.81. The van der Waals surface area contributed by atoms with Crippen molar-refractivity contribution in [2.75, 3.05) is 14.2 Å². The van der Waals surface area contributed by atoms with E-state index < -0.39 is 9.57 Å². The van der Waals surface area contributed by atoms with Crippen molar-refractivity contribution in [1.82, 2.24) is 0 Å². The lowest BCUT2D eigenvalue weighted by Crippen LogP contribution is -2.47. The van der Waals surface area contributed by atoms with Crippen LogP contribution in [0, 0.1) is 0 Å². The van der Waals surface area contributed by atoms with Crippen LogP contribution in [-0.4, -0.2) is 20.0 Å². The first-order valence-electron chi connectivity index (χ1n) is 8.32. The van der Waals surface area contributed by atoms with Crippen molar-refractivity contribution in [3.05, 3.63) is 77.9 Å². The molecular weight excluding hydrogens is 412 g/mol. The molecule has 0 radical (unpaired) electrons. The van der Waals surface area contributed by atoms with Crippen LogP contribution in [0.25, 0.3) is 28.0 Å². The molecule has 1 aliphatic carbocycles. The third kappa shape index (κ3) is 2.54. The van der Waals surface area contributed by atoms with Crippen LogP contribution in [0.2, 0.25) is 0 Å². The molecule has 0 heterocycles. The Bertz CT molecular complexity index is 1000. The molecule has 0 bridgehead atoms. The number of rotatable bonds is 3. The normalized spacial score (nSPS) is 20.9. The second kappa shape index (κ2) is 6.50. The van der Waals surface area contributed by atoms with E-state index in [0.29, 0.717) is 0 Å². The van der Waals surface area contributed by atoms with E-state index in [9.17, 15) is 0 Å². The zero-order valence-corrected chi connectivity index (χ0v) is 16.8. The third-order valence-corrected chi connectivity index (χ3v) is 6.46. The minimum atomic E-state index is -1.07. The molecule has 1 atom stereocenters. The molecule has 0 saturated carbocycles. The molecule has 0 N–H and O–H groups in total. The zero-order chi connectivity index (χ0) is 18.4. The van der Waals surface area contributed by atoms with Crippen LogP contribution in [0.15, 0.2) is 66.7 Å². The number of hydrogen-bond acceptors (Lipinski definition) is 2. The van der Waals surface area contributed by atoms with Crippen LogP contribution < -0.4 is 0 Å². The van der Waals surface area contributed by atoms with Gasteiger partial charge in [-0.25, -0.2) is 0 Å². The van der Waals surface area contributed by atoms with Gasteiger partial charge in [0.05, 0.1) is 0 Å². The summed E-state index contributed by atoms with van der Waals surface area (Å²) in [6.07, 6.45) is 3.85. The van der Waals surface area contributed by atoms with Gasteiger partial charge >= 0.3 is 0 Å². The van der Waals surface area contributed by atoms with Crippen LogP contribution in [0.4, 0.5) is 0 Å². The second-order valence-electron chi connectivity index (χ2n) is 6.31. The Labute approximate surface area is 166 Å². The SMILES string of the molecule is COC1(OC)C=Cc2cc(-c3cccc4ccccc34)ccc2C1(Cl)Br. The maximum absolute atomic E-state index is 6.83. The lowest BCUT2D eigenvalue weighted by atomic mass is 9.88. The van der Waals surface area contributed by atoms with E-state index in [-0.39, 0.29) is 0 Å². The van der Waals surface area contributed by atoms with E-state index in [1.807, 2.05) is 18.2 Å². The Kier molecular flexibility index (Phi) is 4.44. The van der Waals surface area contributed by atoms with Gasteiger partial charge in [0.15, 0.2) is 3.78 Å². The van der Waals surface area contributed by atoms with Crippen molar-refractivity contribution >= 4 is 44.4 Å². The molecule has 0 saturated heterocycles. The highest BCUT2D eigenvalue weighted by Crippen LogP contribution is 2.53. The summed E-state index contributed by atoms with van der Waals surface area (Å²) in [5.41, 5.74) is 4.29. The van der Waals surface area contributed by atoms with Gasteiger partial charge < -0.3 is 9.47 Å². The van der Waals surface area contributed by atoms with Crippen molar-refractivity contribution in [3.8, 4) is 11.1 Å². The van der Waals surface area contributed by atoms with Gasteiger partial charge in [-0.1, -0.05) is 88.2 Å². The van der Waals surface area contributed by atoms with Crippen LogP contribution in [0.3, 0.4) is 0 Å². The molecule has 3 aromatic rings. The number of alkyl halides is 2. The maximum atomic E-state index is 6.83. The maximum Gasteiger partial charge on any atom is 0.222 e. The van der Waals surface area contributed by atoms with Crippen LogP contribution in [-0.2, 0) is 13.3 Å². The molecule has 0 aromatic heterocycles. The van der Waals surface area contributed by atoms with Crippen molar-refractivity contribution in [2.45, 2.75) is 9.57 Å². The van der Waals surface area contributed by atoms with Crippen molar-refractivity contribution in [3.63, 3.8) is 0 Å². The molecule has 3 aromatic carbocycles. The summed E-state index contributed by atoms with van der Waals surface area (Å²) in [5, 5.41) is 2.46. The van der Waals surface area contributed by atoms with Gasteiger partial charge in [0.1, 0.15) is 0 Å². The summed E-state index contributed by atoms with van der Waals surface area (Å²) >= 11 is 10.5. The molecule has 0 fully saturated rings. The van der Waals surface area contributed by atoms with Gasteiger partial charge in [0.25, 0.3) is 0 Å². The highest BCUT2D eigenvalue weighted by atomic mass is 79.9. The van der Waals surface area contributed by atoms with Crippen LogP contribution in [0.5, 0.6) is 0 Å². The quantitative estimate of drug-likeness (QED) is 0.359. The van der Waals surface area contributed by atoms with E-state index in [1.165, 1.54) is 16.3 Å². The number of fused-ring (bicyclic) bond motifs is 2. The predicted molar refractivity (Wildman–Crippen MR) is 112 cm³/mol. The van der Waals surface area contributed by atoms with Gasteiger partial charge in [-0.05, 0) is 45.2 Å². The van der Waals surface area contributed by atoms with Crippen molar-refractivity contribution in [1.29, 1.82) is 0 Å². The first kappa shape index (κ1) is 17.7. The number of halogens is 2. The first-order valence-corrected chi connectivity index (χ1v) is 9.49. The minimum Gasteiger partial charge on any atom is -0.347 e. The average molecular weight is 430 g/mol. The van der Waals surface area contributed by atoms with E-state index in [2.05, 4.69) is 70.5 Å². The first-order chi connectivity index (χ1) is 12.5. The smallest absolute Gasteiger partial charge is 0.222 e. The topological polar surface area (TPSA) is 18.5 Å². The Hall–Kier alpha value is -1.65. The highest BCUT2D eigenvalue weighted by molar-refractivity contribution is 9.10. The van der Waals surface area contributed by atoms with Gasteiger partial charge in [0, 0.05) is 14.2 Å². The number of methoxy groups -OCH3 is 2. The molecule has 0 amide bonds. The van der Waals surface area contributed by atoms with E-state index in [1.54, 1.807) is 14.2 Å². The second-order valence-corrected chi connectivity index (χ2v) is 8.53. The summed E-state index contributed by atoms with van der Waals surface area (Å²) in [6, 6.07) is 21.0. The van der Waals surface area contributed by atoms with Gasteiger partial charge in [-0.3, -0.25) is 0 Å². The van der Waals surface area contributed by atoms with E-state index >= 15 is 0 Å². The Morgan fingerprint density at radius 3 is 2.42 bits per heavy atom. The molecule has 1 aliphatic rings. The van der Waals surface area contributed by atoms with E-state index in [0.717, 1.165) is 16.7 Å². The molecule has 0 aliphatic heterocycles. The summed E-state index contributed by atoms with van der Waals surface area (Å²) in [5.74, 6) is -1.07. The van der Waals surface area contributed by atoms with Crippen LogP contribution in [0.1, 0.15) is 11.1 Å². The molecule has 26 heavy (non-hydrogen) atoms. The summed E-state index contributed by atoms with van der Waals surface area (Å²) in [7, 11) is 3.17. The standard InChI is InChI=1S/C22H18BrClO2/c1-25-21(26-2)13-12-17-14-16(10-11-20(17)22(21,23)24)19-9-5-7-15-6-3-4-8-18(15)19/h3-14H,1-2H3. The van der Waals surface area contributed by atoms with Gasteiger partial charge in [-0.2, -0.15) is 0 Å². The molecule has 4 rings (SSSR count). The number of benzene rings is 3.